The first-order valence-electron chi connectivity index (χ1n) is 5.83. The summed E-state index contributed by atoms with van der Waals surface area (Å²) in [6.07, 6.45) is 1.94. The van der Waals surface area contributed by atoms with Crippen molar-refractivity contribution in [1.29, 1.82) is 0 Å². The number of Topliss-reactive ketones (excluding diaryl/α,β-unsaturated/α-hetero) is 1. The van der Waals surface area contributed by atoms with Crippen molar-refractivity contribution >= 4 is 18.2 Å². The Morgan fingerprint density at radius 2 is 1.76 bits per heavy atom. The van der Waals surface area contributed by atoms with Crippen LogP contribution in [0, 0.1) is 6.92 Å². The molecule has 1 atom stereocenters. The minimum atomic E-state index is 0. The largest absolute Gasteiger partial charge is 0.299 e. The predicted octanol–water partition coefficient (Wildman–Crippen LogP) is 3.33. The van der Waals surface area contributed by atoms with Crippen molar-refractivity contribution in [3.63, 3.8) is 0 Å². The van der Waals surface area contributed by atoms with Crippen LogP contribution in [0.5, 0.6) is 0 Å². The molecule has 0 amide bonds. The van der Waals surface area contributed by atoms with Crippen LogP contribution in [0.4, 0.5) is 0 Å². The zero-order valence-electron chi connectivity index (χ0n) is 11.1. The van der Waals surface area contributed by atoms with E-state index >= 15 is 0 Å². The van der Waals surface area contributed by atoms with Gasteiger partial charge in [-0.25, -0.2) is 0 Å². The van der Waals surface area contributed by atoms with Crippen molar-refractivity contribution in [3.8, 4) is 0 Å². The maximum atomic E-state index is 12.2. The third-order valence-electron chi connectivity index (χ3n) is 2.82. The molecule has 1 aromatic rings. The van der Waals surface area contributed by atoms with Gasteiger partial charge in [0, 0.05) is 5.56 Å². The monoisotopic (exact) mass is 255 g/mol. The number of halogens is 1. The Labute approximate surface area is 110 Å². The van der Waals surface area contributed by atoms with E-state index in [4.69, 9.17) is 0 Å². The minimum Gasteiger partial charge on any atom is -0.299 e. The SMILES string of the molecule is CCCC(C(=O)c1ccc(C)cc1)N(C)C.Cl. The molecule has 2 nitrogen and oxygen atoms in total. The van der Waals surface area contributed by atoms with Crippen molar-refractivity contribution < 1.29 is 4.79 Å². The van der Waals surface area contributed by atoms with Gasteiger partial charge in [-0.1, -0.05) is 43.2 Å². The van der Waals surface area contributed by atoms with E-state index in [9.17, 15) is 4.79 Å². The second-order valence-corrected chi connectivity index (χ2v) is 4.50. The van der Waals surface area contributed by atoms with E-state index in [0.29, 0.717) is 0 Å². The molecule has 1 rings (SSSR count). The molecule has 0 aliphatic rings. The number of carbonyl (C=O) groups is 1. The van der Waals surface area contributed by atoms with E-state index < -0.39 is 0 Å². The van der Waals surface area contributed by atoms with E-state index in [-0.39, 0.29) is 24.2 Å². The first kappa shape index (κ1) is 16.1. The van der Waals surface area contributed by atoms with Crippen LogP contribution < -0.4 is 0 Å². The van der Waals surface area contributed by atoms with Gasteiger partial charge in [-0.2, -0.15) is 0 Å². The number of carbonyl (C=O) groups excluding carboxylic acids is 1. The smallest absolute Gasteiger partial charge is 0.179 e. The molecular formula is C14H22ClNO. The summed E-state index contributed by atoms with van der Waals surface area (Å²) in [4.78, 5) is 14.3. The fourth-order valence-electron chi connectivity index (χ4n) is 1.81. The highest BCUT2D eigenvalue weighted by Crippen LogP contribution is 2.12. The first-order chi connectivity index (χ1) is 7.56. The van der Waals surface area contributed by atoms with Gasteiger partial charge in [-0.3, -0.25) is 9.69 Å². The second-order valence-electron chi connectivity index (χ2n) is 4.50. The van der Waals surface area contributed by atoms with Crippen molar-refractivity contribution in [2.75, 3.05) is 14.1 Å². The molecule has 3 heteroatoms. The number of likely N-dealkylation sites (N-methyl/N-ethyl adjacent to an activating group) is 1. The molecule has 96 valence electrons. The first-order valence-corrected chi connectivity index (χ1v) is 5.83. The molecule has 17 heavy (non-hydrogen) atoms. The number of benzene rings is 1. The van der Waals surface area contributed by atoms with E-state index in [1.807, 2.05) is 50.2 Å². The molecule has 0 saturated heterocycles. The van der Waals surface area contributed by atoms with Crippen LogP contribution in [-0.2, 0) is 0 Å². The molecule has 0 saturated carbocycles. The fourth-order valence-corrected chi connectivity index (χ4v) is 1.81. The highest BCUT2D eigenvalue weighted by atomic mass is 35.5. The summed E-state index contributed by atoms with van der Waals surface area (Å²) in [6, 6.07) is 7.83. The van der Waals surface area contributed by atoms with E-state index in [1.54, 1.807) is 0 Å². The van der Waals surface area contributed by atoms with Crippen LogP contribution >= 0.6 is 12.4 Å². The molecule has 0 aliphatic heterocycles. The zero-order valence-corrected chi connectivity index (χ0v) is 11.9. The van der Waals surface area contributed by atoms with Gasteiger partial charge in [0.05, 0.1) is 6.04 Å². The lowest BCUT2D eigenvalue weighted by molar-refractivity contribution is 0.0866. The van der Waals surface area contributed by atoms with Crippen LogP contribution in [0.15, 0.2) is 24.3 Å². The molecule has 0 spiro atoms. The molecule has 1 unspecified atom stereocenters. The van der Waals surface area contributed by atoms with Gasteiger partial charge in [0.25, 0.3) is 0 Å². The van der Waals surface area contributed by atoms with Gasteiger partial charge in [-0.05, 0) is 27.4 Å². The van der Waals surface area contributed by atoms with E-state index in [2.05, 4.69) is 6.92 Å². The summed E-state index contributed by atoms with van der Waals surface area (Å²) < 4.78 is 0. The van der Waals surface area contributed by atoms with Crippen LogP contribution in [0.2, 0.25) is 0 Å². The summed E-state index contributed by atoms with van der Waals surface area (Å²) in [5.74, 6) is 0.229. The van der Waals surface area contributed by atoms with Crippen molar-refractivity contribution in [2.24, 2.45) is 0 Å². The highest BCUT2D eigenvalue weighted by Gasteiger charge is 2.20. The molecule has 0 aliphatic carbocycles. The lowest BCUT2D eigenvalue weighted by Gasteiger charge is -2.22. The number of hydrogen-bond acceptors (Lipinski definition) is 2. The third kappa shape index (κ3) is 4.49. The summed E-state index contributed by atoms with van der Waals surface area (Å²) in [6.45, 7) is 4.14. The van der Waals surface area contributed by atoms with Gasteiger partial charge in [0.15, 0.2) is 5.78 Å². The normalized spacial score (nSPS) is 12.1. The van der Waals surface area contributed by atoms with Crippen LogP contribution in [-0.4, -0.2) is 30.8 Å². The van der Waals surface area contributed by atoms with Gasteiger partial charge in [0.2, 0.25) is 0 Å². The van der Waals surface area contributed by atoms with Gasteiger partial charge in [0.1, 0.15) is 0 Å². The third-order valence-corrected chi connectivity index (χ3v) is 2.82. The van der Waals surface area contributed by atoms with Crippen LogP contribution in [0.1, 0.15) is 35.7 Å². The molecule has 0 radical (unpaired) electrons. The number of hydrogen-bond donors (Lipinski definition) is 0. The summed E-state index contributed by atoms with van der Waals surface area (Å²) in [5, 5.41) is 0. The average molecular weight is 256 g/mol. The second kappa shape index (κ2) is 7.46. The molecule has 0 aromatic heterocycles. The van der Waals surface area contributed by atoms with Gasteiger partial charge >= 0.3 is 0 Å². The Morgan fingerprint density at radius 3 is 2.18 bits per heavy atom. The quantitative estimate of drug-likeness (QED) is 0.753. The van der Waals surface area contributed by atoms with Crippen molar-refractivity contribution in [1.82, 2.24) is 4.90 Å². The van der Waals surface area contributed by atoms with Crippen LogP contribution in [0.3, 0.4) is 0 Å². The molecule has 0 N–H and O–H groups in total. The van der Waals surface area contributed by atoms with E-state index in [1.165, 1.54) is 5.56 Å². The minimum absolute atomic E-state index is 0. The van der Waals surface area contributed by atoms with Crippen molar-refractivity contribution in [3.05, 3.63) is 35.4 Å². The van der Waals surface area contributed by atoms with E-state index in [0.717, 1.165) is 18.4 Å². The Bertz CT molecular complexity index is 346. The number of nitrogens with zero attached hydrogens (tertiary/aromatic N) is 1. The standard InChI is InChI=1S/C14H21NO.ClH/c1-5-6-13(15(3)4)14(16)12-9-7-11(2)8-10-12;/h7-10,13H,5-6H2,1-4H3;1H. The summed E-state index contributed by atoms with van der Waals surface area (Å²) >= 11 is 0. The molecular weight excluding hydrogens is 234 g/mol. The topological polar surface area (TPSA) is 20.3 Å². The maximum absolute atomic E-state index is 12.2. The lowest BCUT2D eigenvalue weighted by Crippen LogP contribution is -2.35. The zero-order chi connectivity index (χ0) is 12.1. The molecule has 0 heterocycles. The molecule has 0 bridgehead atoms. The molecule has 0 fully saturated rings. The fraction of sp³-hybridized carbons (Fsp3) is 0.500. The van der Waals surface area contributed by atoms with Crippen LogP contribution in [0.25, 0.3) is 0 Å². The maximum Gasteiger partial charge on any atom is 0.179 e. The average Bonchev–Trinajstić information content (AvgIpc) is 2.25. The lowest BCUT2D eigenvalue weighted by atomic mass is 9.99. The number of ketones is 1. The summed E-state index contributed by atoms with van der Waals surface area (Å²) in [5.41, 5.74) is 2.01. The number of aryl methyl sites for hydroxylation is 1. The Morgan fingerprint density at radius 1 is 1.24 bits per heavy atom. The van der Waals surface area contributed by atoms with Gasteiger partial charge in [-0.15, -0.1) is 12.4 Å². The Kier molecular flexibility index (Phi) is 7.09. The number of rotatable bonds is 5. The predicted molar refractivity (Wildman–Crippen MR) is 75.1 cm³/mol. The Hall–Kier alpha value is -0.860. The van der Waals surface area contributed by atoms with Crippen molar-refractivity contribution in [2.45, 2.75) is 32.7 Å². The highest BCUT2D eigenvalue weighted by molar-refractivity contribution is 6.00. The van der Waals surface area contributed by atoms with Gasteiger partial charge < -0.3 is 0 Å². The Balaban J connectivity index is 0.00000256. The molecule has 1 aromatic carbocycles. The summed E-state index contributed by atoms with van der Waals surface area (Å²) in [7, 11) is 3.93.